The number of thiophene rings is 2. The van der Waals surface area contributed by atoms with Gasteiger partial charge in [0.25, 0.3) is 0 Å². The average molecular weight is 790 g/mol. The topological polar surface area (TPSA) is 72.9 Å². The van der Waals surface area contributed by atoms with Crippen molar-refractivity contribution in [3.05, 3.63) is 121 Å². The van der Waals surface area contributed by atoms with Crippen LogP contribution < -0.4 is 9.64 Å². The molecule has 2 aliphatic heterocycles. The Morgan fingerprint density at radius 2 is 1.42 bits per heavy atom. The maximum Gasteiger partial charge on any atom is 0.380 e. The number of esters is 1. The molecule has 3 aliphatic rings. The number of allylic oxidation sites excluding steroid dienone is 2. The minimum Gasteiger partial charge on any atom is -0.422 e. The van der Waals surface area contributed by atoms with Crippen LogP contribution in [0.4, 0.5) is 32.0 Å². The van der Waals surface area contributed by atoms with Gasteiger partial charge in [-0.05, 0) is 66.9 Å². The molecule has 2 fully saturated rings. The molecule has 0 bridgehead atoms. The van der Waals surface area contributed by atoms with Gasteiger partial charge in [-0.3, -0.25) is 9.59 Å². The molecule has 4 aromatic rings. The number of fused-ring (bicyclic) bond motifs is 1. The van der Waals surface area contributed by atoms with E-state index in [2.05, 4.69) is 6.58 Å². The molecule has 53 heavy (non-hydrogen) atoms. The fraction of sp³-hybridized carbons (Fsp3) is 0.237. The minimum absolute atomic E-state index is 0.0285. The van der Waals surface area contributed by atoms with Gasteiger partial charge in [0.2, 0.25) is 11.8 Å². The Morgan fingerprint density at radius 3 is 1.98 bits per heavy atom. The molecule has 0 radical (unpaired) electrons. The van der Waals surface area contributed by atoms with Crippen molar-refractivity contribution in [2.24, 2.45) is 11.8 Å². The lowest BCUT2D eigenvalue weighted by Crippen LogP contribution is -2.48. The largest absolute Gasteiger partial charge is 0.422 e. The maximum atomic E-state index is 15.4. The fourth-order valence-electron chi connectivity index (χ4n) is 6.92. The number of hydrogen-bond donors (Lipinski definition) is 0. The van der Waals surface area contributed by atoms with Crippen LogP contribution in [-0.2, 0) is 14.3 Å². The molecule has 4 heterocycles. The Morgan fingerprint density at radius 1 is 0.849 bits per heavy atom. The van der Waals surface area contributed by atoms with Crippen LogP contribution in [0.25, 0.3) is 17.2 Å². The van der Waals surface area contributed by atoms with Crippen LogP contribution in [0.5, 0.6) is 5.75 Å². The lowest BCUT2D eigenvalue weighted by molar-refractivity contribution is -0.254. The average Bonchev–Trinajstić information content (AvgIpc) is 3.86. The number of ether oxygens (including phenoxy) is 2. The van der Waals surface area contributed by atoms with Gasteiger partial charge in [0.15, 0.2) is 0 Å². The molecule has 4 unspecified atom stereocenters. The molecule has 0 N–H and O–H groups in total. The van der Waals surface area contributed by atoms with Crippen LogP contribution in [0.1, 0.15) is 36.1 Å². The summed E-state index contributed by atoms with van der Waals surface area (Å²) in [5, 5.41) is 0. The van der Waals surface area contributed by atoms with Crippen molar-refractivity contribution in [1.82, 2.24) is 0 Å². The summed E-state index contributed by atoms with van der Waals surface area (Å²) in [7, 11) is 0. The smallest absolute Gasteiger partial charge is 0.380 e. The van der Waals surface area contributed by atoms with Gasteiger partial charge >= 0.3 is 23.7 Å². The number of alkyl halides is 6. The fourth-order valence-corrected chi connectivity index (χ4v) is 9.02. The molecule has 4 atom stereocenters. The third kappa shape index (κ3) is 5.77. The second-order valence-corrected chi connectivity index (χ2v) is 15.7. The molecular formula is C38H26ClF6NO5S2. The van der Waals surface area contributed by atoms with Gasteiger partial charge in [0, 0.05) is 20.9 Å². The van der Waals surface area contributed by atoms with Crippen molar-refractivity contribution < 1.29 is 50.2 Å². The quantitative estimate of drug-likeness (QED) is 0.0585. The van der Waals surface area contributed by atoms with Gasteiger partial charge in [0.1, 0.15) is 10.6 Å². The number of amides is 2. The SMILES string of the molecule is C=CC1OC(/C=C/c2ccccc2)C2C(=O)N(c3ccc(OC(=O)c4cc(C5=C(c6cc(Cl)sc6C)C(F)(F)C(F)(F)C5(F)F)c(C)s4)cc3)C(=O)C12. The van der Waals surface area contributed by atoms with Gasteiger partial charge in [-0.1, -0.05) is 60.2 Å². The predicted octanol–water partition coefficient (Wildman–Crippen LogP) is 9.90. The van der Waals surface area contributed by atoms with Gasteiger partial charge in [0.05, 0.1) is 34.1 Å². The first-order valence-electron chi connectivity index (χ1n) is 16.0. The Bertz CT molecular complexity index is 2230. The molecule has 0 saturated carbocycles. The van der Waals surface area contributed by atoms with E-state index in [1.807, 2.05) is 30.3 Å². The molecule has 15 heteroatoms. The predicted molar refractivity (Wildman–Crippen MR) is 190 cm³/mol. The van der Waals surface area contributed by atoms with E-state index in [4.69, 9.17) is 21.1 Å². The molecular weight excluding hydrogens is 764 g/mol. The van der Waals surface area contributed by atoms with E-state index in [1.165, 1.54) is 44.2 Å². The molecule has 6 nitrogen and oxygen atoms in total. The molecule has 2 aromatic carbocycles. The zero-order valence-electron chi connectivity index (χ0n) is 27.6. The summed E-state index contributed by atoms with van der Waals surface area (Å²) in [4.78, 5) is 41.0. The van der Waals surface area contributed by atoms with E-state index in [-0.39, 0.29) is 30.4 Å². The second kappa shape index (κ2) is 13.1. The highest BCUT2D eigenvalue weighted by Gasteiger charge is 2.80. The standard InChI is InChI=1S/C38H26ClF6NO5S2/c1-4-25-29-30(26(51-25)15-10-20-8-6-5-7-9-20)34(48)46(33(29)47)21-11-13-22(14-12-21)50-35(49)27-16-23(18(2)52-27)31-32(24-17-28(39)53-19(24)3)37(42,43)38(44,45)36(31,40)41/h4-17,25-26,29-30H,1H2,2-3H3/b15-10+. The molecule has 2 saturated heterocycles. The van der Waals surface area contributed by atoms with E-state index in [0.29, 0.717) is 11.3 Å². The maximum absolute atomic E-state index is 15.4. The number of benzene rings is 2. The van der Waals surface area contributed by atoms with Crippen LogP contribution in [0.2, 0.25) is 4.34 Å². The third-order valence-corrected chi connectivity index (χ3v) is 11.7. The number of nitrogens with zero attached hydrogens (tertiary/aromatic N) is 1. The normalized spacial score (nSPS) is 24.4. The summed E-state index contributed by atoms with van der Waals surface area (Å²) in [6.07, 6.45) is 3.59. The van der Waals surface area contributed by atoms with E-state index >= 15 is 17.6 Å². The van der Waals surface area contributed by atoms with Crippen molar-refractivity contribution in [3.8, 4) is 5.75 Å². The van der Waals surface area contributed by atoms with E-state index in [9.17, 15) is 23.2 Å². The number of imide groups is 1. The molecule has 1 aliphatic carbocycles. The van der Waals surface area contributed by atoms with E-state index in [0.717, 1.165) is 33.9 Å². The zero-order chi connectivity index (χ0) is 38.2. The highest BCUT2D eigenvalue weighted by molar-refractivity contribution is 7.16. The first-order valence-corrected chi connectivity index (χ1v) is 18.0. The summed E-state index contributed by atoms with van der Waals surface area (Å²) < 4.78 is 102. The Labute approximate surface area is 311 Å². The van der Waals surface area contributed by atoms with Gasteiger partial charge < -0.3 is 9.47 Å². The highest BCUT2D eigenvalue weighted by atomic mass is 35.5. The van der Waals surface area contributed by atoms with Crippen molar-refractivity contribution in [2.45, 2.75) is 43.8 Å². The molecule has 2 aromatic heterocycles. The van der Waals surface area contributed by atoms with Gasteiger partial charge in [-0.25, -0.2) is 9.69 Å². The Hall–Kier alpha value is -4.50. The number of rotatable bonds is 8. The summed E-state index contributed by atoms with van der Waals surface area (Å²) in [5.41, 5.74) is -3.31. The van der Waals surface area contributed by atoms with Crippen LogP contribution in [-0.4, -0.2) is 47.8 Å². The monoisotopic (exact) mass is 789 g/mol. The van der Waals surface area contributed by atoms with E-state index < -0.39 is 81.9 Å². The first kappa shape index (κ1) is 36.8. The number of halogens is 7. The van der Waals surface area contributed by atoms with Crippen molar-refractivity contribution in [1.29, 1.82) is 0 Å². The Balaban J connectivity index is 1.13. The van der Waals surface area contributed by atoms with Crippen LogP contribution in [0.15, 0.2) is 85.5 Å². The number of aryl methyl sites for hydroxylation is 2. The summed E-state index contributed by atoms with van der Waals surface area (Å²) in [5.74, 6) is -20.1. The minimum atomic E-state index is -5.78. The van der Waals surface area contributed by atoms with Crippen LogP contribution >= 0.6 is 34.3 Å². The van der Waals surface area contributed by atoms with Crippen LogP contribution in [0.3, 0.4) is 0 Å². The highest BCUT2D eigenvalue weighted by Crippen LogP contribution is 2.66. The lowest BCUT2D eigenvalue weighted by atomic mass is 9.89. The zero-order valence-corrected chi connectivity index (χ0v) is 29.9. The van der Waals surface area contributed by atoms with Crippen LogP contribution in [0, 0.1) is 25.7 Å². The molecule has 7 rings (SSSR count). The van der Waals surface area contributed by atoms with Crippen molar-refractivity contribution in [2.75, 3.05) is 4.90 Å². The molecule has 274 valence electrons. The number of hydrogen-bond acceptors (Lipinski definition) is 7. The number of carbonyl (C=O) groups is 3. The molecule has 0 spiro atoms. The molecule has 2 amide bonds. The second-order valence-electron chi connectivity index (χ2n) is 12.6. The summed E-state index contributed by atoms with van der Waals surface area (Å²) in [6, 6.07) is 16.4. The first-order chi connectivity index (χ1) is 25.0. The number of carbonyl (C=O) groups excluding carboxylic acids is 3. The van der Waals surface area contributed by atoms with Crippen molar-refractivity contribution in [3.63, 3.8) is 0 Å². The lowest BCUT2D eigenvalue weighted by Gasteiger charge is -2.25. The van der Waals surface area contributed by atoms with Crippen molar-refractivity contribution >= 4 is 75.0 Å². The van der Waals surface area contributed by atoms with Gasteiger partial charge in [-0.2, -0.15) is 26.3 Å². The number of anilines is 1. The summed E-state index contributed by atoms with van der Waals surface area (Å²) >= 11 is 7.29. The van der Waals surface area contributed by atoms with Gasteiger partial charge in [-0.15, -0.1) is 29.3 Å². The third-order valence-electron chi connectivity index (χ3n) is 9.45. The summed E-state index contributed by atoms with van der Waals surface area (Å²) in [6.45, 7) is 6.29. The Kier molecular flexibility index (Phi) is 9.12. The van der Waals surface area contributed by atoms with E-state index in [1.54, 1.807) is 12.2 Å².